The van der Waals surface area contributed by atoms with Gasteiger partial charge in [0.05, 0.1) is 11.9 Å². The molecule has 1 N–H and O–H groups in total. The smallest absolute Gasteiger partial charge is 0.187 e. The van der Waals surface area contributed by atoms with Crippen molar-refractivity contribution in [2.45, 2.75) is 45.8 Å². The lowest BCUT2D eigenvalue weighted by Crippen LogP contribution is -2.37. The first-order valence-corrected chi connectivity index (χ1v) is 4.47. The van der Waals surface area contributed by atoms with E-state index in [4.69, 9.17) is 11.9 Å². The minimum absolute atomic E-state index is 0.130. The summed E-state index contributed by atoms with van der Waals surface area (Å²) in [7, 11) is 0. The lowest BCUT2D eigenvalue weighted by atomic mass is 9.91. The molecule has 0 bridgehead atoms. The number of halogens is 1. The minimum Gasteiger partial charge on any atom is -0.364 e. The minimum atomic E-state index is -1.13. The number of aliphatic hydroxyl groups is 1. The van der Waals surface area contributed by atoms with Crippen LogP contribution in [0.3, 0.4) is 0 Å². The number of hydrogen-bond acceptors (Lipinski definition) is 2. The van der Waals surface area contributed by atoms with Crippen molar-refractivity contribution in [3.05, 3.63) is 0 Å². The van der Waals surface area contributed by atoms with Crippen LogP contribution in [0.15, 0.2) is 0 Å². The van der Waals surface area contributed by atoms with Gasteiger partial charge in [0.15, 0.2) is 5.79 Å². The highest BCUT2D eigenvalue weighted by Gasteiger charge is 2.33. The van der Waals surface area contributed by atoms with Crippen LogP contribution in [0.25, 0.3) is 0 Å². The summed E-state index contributed by atoms with van der Waals surface area (Å²) in [6, 6.07) is 0. The van der Waals surface area contributed by atoms with Crippen molar-refractivity contribution in [2.24, 2.45) is 5.92 Å². The van der Waals surface area contributed by atoms with Crippen LogP contribution >= 0.6 is 11.9 Å². The van der Waals surface area contributed by atoms with E-state index in [0.29, 0.717) is 6.42 Å². The van der Waals surface area contributed by atoms with Crippen LogP contribution in [0.5, 0.6) is 0 Å². The van der Waals surface area contributed by atoms with Gasteiger partial charge in [-0.3, -0.25) is 0 Å². The fraction of sp³-hybridized carbons (Fsp3) is 1.00. The second-order valence-corrected chi connectivity index (χ2v) is 2.94. The third-order valence-corrected chi connectivity index (χ3v) is 2.53. The van der Waals surface area contributed by atoms with Crippen LogP contribution < -0.4 is 0 Å². The lowest BCUT2D eigenvalue weighted by molar-refractivity contribution is -0.179. The zero-order valence-electron chi connectivity index (χ0n) is 7.43. The fourth-order valence-electron chi connectivity index (χ4n) is 1.33. The summed E-state index contributed by atoms with van der Waals surface area (Å²) in [6.45, 7) is 5.90. The summed E-state index contributed by atoms with van der Waals surface area (Å²) in [5, 5.41) is 9.73. The summed E-state index contributed by atoms with van der Waals surface area (Å²) >= 11 is 5.21. The van der Waals surface area contributed by atoms with E-state index in [0.717, 1.165) is 12.8 Å². The zero-order valence-corrected chi connectivity index (χ0v) is 8.19. The van der Waals surface area contributed by atoms with Crippen molar-refractivity contribution in [3.63, 3.8) is 0 Å². The quantitative estimate of drug-likeness (QED) is 0.660. The summed E-state index contributed by atoms with van der Waals surface area (Å²) in [5.74, 6) is -1.00. The largest absolute Gasteiger partial charge is 0.364 e. The Balaban J connectivity index is 4.19. The molecule has 0 aliphatic rings. The van der Waals surface area contributed by atoms with Gasteiger partial charge in [-0.25, -0.2) is 4.29 Å². The summed E-state index contributed by atoms with van der Waals surface area (Å²) in [4.78, 5) is 0. The van der Waals surface area contributed by atoms with Gasteiger partial charge in [0.2, 0.25) is 0 Å². The molecule has 0 aromatic carbocycles. The molecule has 0 amide bonds. The van der Waals surface area contributed by atoms with Gasteiger partial charge in [-0.15, -0.1) is 0 Å². The van der Waals surface area contributed by atoms with Crippen molar-refractivity contribution in [2.75, 3.05) is 0 Å². The fourth-order valence-corrected chi connectivity index (χ4v) is 1.57. The maximum absolute atomic E-state index is 9.73. The van der Waals surface area contributed by atoms with Gasteiger partial charge < -0.3 is 5.11 Å². The third kappa shape index (κ3) is 2.62. The Morgan fingerprint density at radius 1 is 1.36 bits per heavy atom. The molecule has 2 nitrogen and oxygen atoms in total. The molecule has 0 aliphatic heterocycles. The predicted molar refractivity (Wildman–Crippen MR) is 46.3 cm³/mol. The Kier molecular flexibility index (Phi) is 5.06. The van der Waals surface area contributed by atoms with Crippen molar-refractivity contribution in [1.29, 1.82) is 0 Å². The highest BCUT2D eigenvalue weighted by atomic mass is 35.5. The van der Waals surface area contributed by atoms with E-state index in [2.05, 4.69) is 4.29 Å². The molecule has 0 heterocycles. The first kappa shape index (κ1) is 11.2. The molecule has 68 valence electrons. The van der Waals surface area contributed by atoms with Crippen molar-refractivity contribution in [3.8, 4) is 0 Å². The van der Waals surface area contributed by atoms with E-state index in [1.54, 1.807) is 0 Å². The van der Waals surface area contributed by atoms with E-state index in [9.17, 15) is 5.11 Å². The van der Waals surface area contributed by atoms with Crippen molar-refractivity contribution in [1.82, 2.24) is 0 Å². The second kappa shape index (κ2) is 4.96. The first-order valence-electron chi connectivity index (χ1n) is 4.16. The maximum atomic E-state index is 9.73. The zero-order chi connectivity index (χ0) is 8.91. The van der Waals surface area contributed by atoms with Gasteiger partial charge in [-0.05, 0) is 12.8 Å². The molecule has 3 heteroatoms. The molecule has 0 fully saturated rings. The number of hydrogen-bond donors (Lipinski definition) is 1. The molecule has 0 radical (unpaired) electrons. The first-order chi connectivity index (χ1) is 5.14. The van der Waals surface area contributed by atoms with Crippen molar-refractivity contribution >= 4 is 11.9 Å². The van der Waals surface area contributed by atoms with E-state index < -0.39 is 5.79 Å². The van der Waals surface area contributed by atoms with Crippen LogP contribution in [-0.4, -0.2) is 10.9 Å². The van der Waals surface area contributed by atoms with E-state index in [-0.39, 0.29) is 5.92 Å². The average Bonchev–Trinajstić information content (AvgIpc) is 2.06. The molecular formula is C8H17ClO2. The van der Waals surface area contributed by atoms with Gasteiger partial charge in [0.1, 0.15) is 0 Å². The van der Waals surface area contributed by atoms with Gasteiger partial charge in [0.25, 0.3) is 0 Å². The Labute approximate surface area is 73.7 Å². The molecular weight excluding hydrogens is 164 g/mol. The van der Waals surface area contributed by atoms with E-state index >= 15 is 0 Å². The van der Waals surface area contributed by atoms with Crippen LogP contribution in [0.2, 0.25) is 0 Å². The topological polar surface area (TPSA) is 29.5 Å². The van der Waals surface area contributed by atoms with Gasteiger partial charge in [0, 0.05) is 12.3 Å². The standard InChI is InChI=1S/C8H17ClO2/c1-4-7(5-2)8(10,6-3)11-9/h7,10H,4-6H2,1-3H3. The van der Waals surface area contributed by atoms with Crippen molar-refractivity contribution < 1.29 is 9.40 Å². The average molecular weight is 181 g/mol. The molecule has 0 aromatic heterocycles. The molecule has 0 saturated carbocycles. The molecule has 0 rings (SSSR count). The Morgan fingerprint density at radius 3 is 1.91 bits per heavy atom. The Hall–Kier alpha value is 0.210. The maximum Gasteiger partial charge on any atom is 0.187 e. The molecule has 0 aliphatic carbocycles. The Morgan fingerprint density at radius 2 is 1.82 bits per heavy atom. The van der Waals surface area contributed by atoms with E-state index in [1.807, 2.05) is 20.8 Å². The molecule has 1 atom stereocenters. The van der Waals surface area contributed by atoms with Crippen LogP contribution in [-0.2, 0) is 4.29 Å². The van der Waals surface area contributed by atoms with Crippen LogP contribution in [0.1, 0.15) is 40.0 Å². The second-order valence-electron chi connectivity index (χ2n) is 2.79. The lowest BCUT2D eigenvalue weighted by Gasteiger charge is -2.30. The van der Waals surface area contributed by atoms with Crippen LogP contribution in [0.4, 0.5) is 0 Å². The molecule has 0 spiro atoms. The Bertz CT molecular complexity index is 98.3. The monoisotopic (exact) mass is 180 g/mol. The molecule has 0 saturated heterocycles. The predicted octanol–water partition coefficient (Wildman–Crippen LogP) is 2.69. The summed E-state index contributed by atoms with van der Waals surface area (Å²) < 4.78 is 4.56. The summed E-state index contributed by atoms with van der Waals surface area (Å²) in [5.41, 5.74) is 0. The normalized spacial score (nSPS) is 16.9. The van der Waals surface area contributed by atoms with E-state index in [1.165, 1.54) is 0 Å². The molecule has 1 unspecified atom stereocenters. The molecule has 0 aromatic rings. The van der Waals surface area contributed by atoms with Crippen LogP contribution in [0, 0.1) is 5.92 Å². The number of rotatable bonds is 5. The van der Waals surface area contributed by atoms with Gasteiger partial charge in [-0.1, -0.05) is 20.8 Å². The third-order valence-electron chi connectivity index (χ3n) is 2.26. The highest BCUT2D eigenvalue weighted by molar-refractivity contribution is 6.07. The van der Waals surface area contributed by atoms with Gasteiger partial charge in [-0.2, -0.15) is 0 Å². The highest BCUT2D eigenvalue weighted by Crippen LogP contribution is 2.29. The van der Waals surface area contributed by atoms with Gasteiger partial charge >= 0.3 is 0 Å². The SMILES string of the molecule is CCC(CC)C(O)(CC)OCl. The summed E-state index contributed by atoms with van der Waals surface area (Å²) in [6.07, 6.45) is 2.30. The molecule has 11 heavy (non-hydrogen) atoms.